The molecule has 0 atom stereocenters. The third-order valence-electron chi connectivity index (χ3n) is 4.56. The Hall–Kier alpha value is -2.86. The van der Waals surface area contributed by atoms with Gasteiger partial charge in [0.1, 0.15) is 12.2 Å². The van der Waals surface area contributed by atoms with Crippen molar-refractivity contribution in [2.75, 3.05) is 0 Å². The van der Waals surface area contributed by atoms with Crippen LogP contribution in [0.15, 0.2) is 69.8 Å². The molecule has 2 aromatic carbocycles. The average molecular weight is 424 g/mol. The number of hydrogen-bond donors (Lipinski definition) is 1. The lowest BCUT2D eigenvalue weighted by Gasteiger charge is -2.07. The van der Waals surface area contributed by atoms with Gasteiger partial charge in [-0.25, -0.2) is 0 Å². The van der Waals surface area contributed by atoms with Gasteiger partial charge < -0.3 is 14.4 Å². The maximum absolute atomic E-state index is 12.4. The van der Waals surface area contributed by atoms with Gasteiger partial charge in [0.05, 0.1) is 6.54 Å². The molecule has 1 N–H and O–H groups in total. The molecule has 2 heterocycles. The van der Waals surface area contributed by atoms with Gasteiger partial charge in [0.15, 0.2) is 5.76 Å². The second-order valence-corrected chi connectivity index (χ2v) is 7.29. The molecule has 27 heavy (non-hydrogen) atoms. The van der Waals surface area contributed by atoms with Crippen molar-refractivity contribution >= 4 is 32.7 Å². The van der Waals surface area contributed by atoms with Gasteiger partial charge in [-0.05, 0) is 30.5 Å². The lowest BCUT2D eigenvalue weighted by atomic mass is 10.1. The van der Waals surface area contributed by atoms with E-state index in [1.54, 1.807) is 0 Å². The number of nitrogens with one attached hydrogen (secondary N) is 1. The first kappa shape index (κ1) is 17.5. The van der Waals surface area contributed by atoms with Gasteiger partial charge in [0.2, 0.25) is 5.91 Å². The molecule has 6 heteroatoms. The number of hydrogen-bond acceptors (Lipinski definition) is 3. The number of aromatic nitrogens is 2. The van der Waals surface area contributed by atoms with E-state index in [1.165, 1.54) is 0 Å². The maximum Gasteiger partial charge on any atom is 0.240 e. The normalized spacial score (nSPS) is 11.0. The fourth-order valence-electron chi connectivity index (χ4n) is 3.08. The molecule has 0 saturated carbocycles. The van der Waals surface area contributed by atoms with Crippen LogP contribution in [0, 0.1) is 6.92 Å². The van der Waals surface area contributed by atoms with Crippen molar-refractivity contribution in [2.45, 2.75) is 20.0 Å². The van der Waals surface area contributed by atoms with E-state index in [2.05, 4.69) is 26.4 Å². The van der Waals surface area contributed by atoms with Crippen molar-refractivity contribution in [3.8, 4) is 11.3 Å². The third kappa shape index (κ3) is 3.66. The van der Waals surface area contributed by atoms with Crippen LogP contribution in [0.4, 0.5) is 0 Å². The molecule has 1 amide bonds. The van der Waals surface area contributed by atoms with Gasteiger partial charge in [-0.3, -0.25) is 4.79 Å². The Morgan fingerprint density at radius 2 is 2.00 bits per heavy atom. The van der Waals surface area contributed by atoms with Crippen LogP contribution >= 0.6 is 15.9 Å². The Labute approximate surface area is 165 Å². The summed E-state index contributed by atoms with van der Waals surface area (Å²) in [5.74, 6) is 0.664. The Balaban J connectivity index is 1.44. The molecule has 5 nitrogen and oxygen atoms in total. The fraction of sp³-hybridized carbons (Fsp3) is 0.143. The smallest absolute Gasteiger partial charge is 0.240 e. The number of fused-ring (bicyclic) bond motifs is 1. The number of carbonyl (C=O) groups is 1. The minimum Gasteiger partial charge on any atom is -0.356 e. The Kier molecular flexibility index (Phi) is 4.81. The Morgan fingerprint density at radius 3 is 2.81 bits per heavy atom. The molecule has 0 aliphatic carbocycles. The van der Waals surface area contributed by atoms with E-state index in [-0.39, 0.29) is 12.5 Å². The molecule has 4 rings (SSSR count). The molecule has 2 aromatic heterocycles. The van der Waals surface area contributed by atoms with E-state index in [0.717, 1.165) is 38.0 Å². The van der Waals surface area contributed by atoms with E-state index in [9.17, 15) is 4.79 Å². The van der Waals surface area contributed by atoms with Crippen LogP contribution in [0.3, 0.4) is 0 Å². The van der Waals surface area contributed by atoms with Crippen LogP contribution < -0.4 is 5.32 Å². The van der Waals surface area contributed by atoms with Crippen molar-refractivity contribution in [1.82, 2.24) is 15.0 Å². The lowest BCUT2D eigenvalue weighted by molar-refractivity contribution is -0.121. The number of nitrogens with zero attached hydrogens (tertiary/aromatic N) is 2. The summed E-state index contributed by atoms with van der Waals surface area (Å²) >= 11 is 3.48. The number of carbonyl (C=O) groups excluding carboxylic acids is 1. The van der Waals surface area contributed by atoms with Crippen molar-refractivity contribution in [3.63, 3.8) is 0 Å². The first-order valence-electron chi connectivity index (χ1n) is 8.63. The quantitative estimate of drug-likeness (QED) is 0.506. The molecule has 0 aliphatic rings. The van der Waals surface area contributed by atoms with Gasteiger partial charge in [-0.1, -0.05) is 57.5 Å². The zero-order valence-electron chi connectivity index (χ0n) is 14.8. The van der Waals surface area contributed by atoms with E-state index in [1.807, 2.05) is 72.3 Å². The van der Waals surface area contributed by atoms with Crippen LogP contribution in [0.2, 0.25) is 0 Å². The molecule has 136 valence electrons. The number of amides is 1. The topological polar surface area (TPSA) is 60.1 Å². The summed E-state index contributed by atoms with van der Waals surface area (Å²) in [5, 5.41) is 8.15. The van der Waals surface area contributed by atoms with Crippen LogP contribution in [0.25, 0.3) is 22.2 Å². The molecular formula is C21H18BrN3O2. The largest absolute Gasteiger partial charge is 0.356 e. The summed E-state index contributed by atoms with van der Waals surface area (Å²) in [6.07, 6.45) is 1.92. The van der Waals surface area contributed by atoms with Crippen molar-refractivity contribution in [3.05, 3.63) is 76.5 Å². The van der Waals surface area contributed by atoms with E-state index >= 15 is 0 Å². The highest BCUT2D eigenvalue weighted by Crippen LogP contribution is 2.25. The van der Waals surface area contributed by atoms with Crippen molar-refractivity contribution in [2.24, 2.45) is 0 Å². The predicted molar refractivity (Wildman–Crippen MR) is 108 cm³/mol. The van der Waals surface area contributed by atoms with Gasteiger partial charge >= 0.3 is 0 Å². The minimum absolute atomic E-state index is 0.0730. The summed E-state index contributed by atoms with van der Waals surface area (Å²) in [6.45, 7) is 2.55. The van der Waals surface area contributed by atoms with Crippen molar-refractivity contribution in [1.29, 1.82) is 0 Å². The number of benzene rings is 2. The SMILES string of the molecule is Cc1c(CNC(=O)Cn2ccc3ccc(Br)cc32)noc1-c1ccccc1. The molecular weight excluding hydrogens is 406 g/mol. The molecule has 4 aromatic rings. The van der Waals surface area contributed by atoms with Crippen LogP contribution in [-0.4, -0.2) is 15.6 Å². The van der Waals surface area contributed by atoms with Gasteiger partial charge in [-0.15, -0.1) is 0 Å². The molecule has 0 spiro atoms. The average Bonchev–Trinajstić information content (AvgIpc) is 3.24. The highest BCUT2D eigenvalue weighted by atomic mass is 79.9. The molecule has 0 unspecified atom stereocenters. The minimum atomic E-state index is -0.0730. The van der Waals surface area contributed by atoms with E-state index in [0.29, 0.717) is 6.54 Å². The molecule has 0 bridgehead atoms. The van der Waals surface area contributed by atoms with Gasteiger partial charge in [0.25, 0.3) is 0 Å². The van der Waals surface area contributed by atoms with Gasteiger partial charge in [0, 0.05) is 27.3 Å². The Bertz CT molecular complexity index is 1100. The maximum atomic E-state index is 12.4. The van der Waals surface area contributed by atoms with Gasteiger partial charge in [-0.2, -0.15) is 0 Å². The van der Waals surface area contributed by atoms with E-state index in [4.69, 9.17) is 4.52 Å². The van der Waals surface area contributed by atoms with Crippen LogP contribution in [0.1, 0.15) is 11.3 Å². The molecule has 0 radical (unpaired) electrons. The molecule has 0 saturated heterocycles. The van der Waals surface area contributed by atoms with Crippen LogP contribution in [-0.2, 0) is 17.9 Å². The highest BCUT2D eigenvalue weighted by Gasteiger charge is 2.14. The zero-order chi connectivity index (χ0) is 18.8. The first-order valence-corrected chi connectivity index (χ1v) is 9.43. The summed E-state index contributed by atoms with van der Waals surface area (Å²) < 4.78 is 8.40. The van der Waals surface area contributed by atoms with Crippen molar-refractivity contribution < 1.29 is 9.32 Å². The summed E-state index contributed by atoms with van der Waals surface area (Å²) in [5.41, 5.74) is 3.67. The second kappa shape index (κ2) is 7.40. The summed E-state index contributed by atoms with van der Waals surface area (Å²) in [6, 6.07) is 17.9. The summed E-state index contributed by atoms with van der Waals surface area (Å²) in [4.78, 5) is 12.4. The second-order valence-electron chi connectivity index (χ2n) is 6.37. The number of halogens is 1. The zero-order valence-corrected chi connectivity index (χ0v) is 16.4. The number of rotatable bonds is 5. The monoisotopic (exact) mass is 423 g/mol. The highest BCUT2D eigenvalue weighted by molar-refractivity contribution is 9.10. The van der Waals surface area contributed by atoms with Crippen LogP contribution in [0.5, 0.6) is 0 Å². The standard InChI is InChI=1S/C21H18BrN3O2/c1-14-18(24-27-21(14)16-5-3-2-4-6-16)12-23-20(26)13-25-10-9-15-7-8-17(22)11-19(15)25/h2-11H,12-13H2,1H3,(H,23,26). The van der Waals surface area contributed by atoms with E-state index < -0.39 is 0 Å². The predicted octanol–water partition coefficient (Wildman–Crippen LogP) is 4.68. The molecule has 0 fully saturated rings. The summed E-state index contributed by atoms with van der Waals surface area (Å²) in [7, 11) is 0. The lowest BCUT2D eigenvalue weighted by Crippen LogP contribution is -2.27. The first-order chi connectivity index (χ1) is 13.1. The fourth-order valence-corrected chi connectivity index (χ4v) is 3.43. The third-order valence-corrected chi connectivity index (χ3v) is 5.05. The Morgan fingerprint density at radius 1 is 1.19 bits per heavy atom. The molecule has 0 aliphatic heterocycles.